The second-order valence-corrected chi connectivity index (χ2v) is 7.34. The van der Waals surface area contributed by atoms with Crippen LogP contribution in [-0.4, -0.2) is 34.4 Å². The van der Waals surface area contributed by atoms with Gasteiger partial charge in [0.2, 0.25) is 0 Å². The van der Waals surface area contributed by atoms with Crippen molar-refractivity contribution in [3.8, 4) is 5.75 Å². The van der Waals surface area contributed by atoms with Gasteiger partial charge in [0, 0.05) is 24.0 Å². The van der Waals surface area contributed by atoms with Crippen molar-refractivity contribution in [2.24, 2.45) is 12.0 Å². The molecular formula is C20H26N6OS. The number of aryl methyl sites for hydroxylation is 1. The molecule has 1 aromatic carbocycles. The average Bonchev–Trinajstić information content (AvgIpc) is 3.34. The molecule has 3 aromatic rings. The van der Waals surface area contributed by atoms with Crippen molar-refractivity contribution in [2.75, 3.05) is 13.7 Å². The van der Waals surface area contributed by atoms with E-state index in [1.807, 2.05) is 42.8 Å². The van der Waals surface area contributed by atoms with Gasteiger partial charge in [-0.2, -0.15) is 0 Å². The predicted octanol–water partition coefficient (Wildman–Crippen LogP) is 2.67. The second-order valence-electron chi connectivity index (χ2n) is 6.31. The van der Waals surface area contributed by atoms with Crippen LogP contribution in [0.1, 0.15) is 22.1 Å². The van der Waals surface area contributed by atoms with Gasteiger partial charge in [0.25, 0.3) is 0 Å². The van der Waals surface area contributed by atoms with Gasteiger partial charge in [-0.1, -0.05) is 24.3 Å². The zero-order valence-corrected chi connectivity index (χ0v) is 17.3. The minimum atomic E-state index is 0.524. The first-order valence-corrected chi connectivity index (χ1v) is 10.1. The number of rotatable bonds is 8. The Bertz CT molecular complexity index is 903. The van der Waals surface area contributed by atoms with Crippen LogP contribution in [0.4, 0.5) is 0 Å². The van der Waals surface area contributed by atoms with Crippen LogP contribution in [0.3, 0.4) is 0 Å². The first-order valence-electron chi connectivity index (χ1n) is 9.18. The van der Waals surface area contributed by atoms with E-state index in [0.717, 1.165) is 41.9 Å². The summed E-state index contributed by atoms with van der Waals surface area (Å²) in [5.74, 6) is 3.33. The quantitative estimate of drug-likeness (QED) is 0.451. The van der Waals surface area contributed by atoms with Crippen LogP contribution < -0.4 is 15.4 Å². The van der Waals surface area contributed by atoms with Crippen molar-refractivity contribution in [3.63, 3.8) is 0 Å². The number of ether oxygens (including phenoxy) is 1. The Morgan fingerprint density at radius 2 is 2.04 bits per heavy atom. The molecule has 2 N–H and O–H groups in total. The molecule has 0 atom stereocenters. The summed E-state index contributed by atoms with van der Waals surface area (Å²) in [6.45, 7) is 3.81. The molecule has 28 heavy (non-hydrogen) atoms. The van der Waals surface area contributed by atoms with Crippen LogP contribution in [-0.2, 0) is 26.6 Å². The molecule has 148 valence electrons. The molecule has 3 rings (SSSR count). The van der Waals surface area contributed by atoms with E-state index in [2.05, 4.69) is 38.3 Å². The third kappa shape index (κ3) is 5.32. The van der Waals surface area contributed by atoms with Gasteiger partial charge in [-0.25, -0.2) is 4.99 Å². The standard InChI is InChI=1S/C20H26N6OS/c1-15-24-25-19(26(15)2)14-23-20(21-11-10-17-8-6-12-28-17)22-13-16-7-4-5-9-18(16)27-3/h4-9,12H,10-11,13-14H2,1-3H3,(H2,21,22,23). The molecule has 8 heteroatoms. The Morgan fingerprint density at radius 1 is 1.18 bits per heavy atom. The molecule has 0 aliphatic rings. The van der Waals surface area contributed by atoms with Crippen molar-refractivity contribution in [1.82, 2.24) is 25.4 Å². The molecule has 7 nitrogen and oxygen atoms in total. The lowest BCUT2D eigenvalue weighted by Crippen LogP contribution is -2.38. The Labute approximate surface area is 169 Å². The third-order valence-electron chi connectivity index (χ3n) is 4.44. The fourth-order valence-corrected chi connectivity index (χ4v) is 3.41. The Morgan fingerprint density at radius 3 is 2.75 bits per heavy atom. The van der Waals surface area contributed by atoms with E-state index in [0.29, 0.717) is 13.1 Å². The lowest BCUT2D eigenvalue weighted by atomic mass is 10.2. The maximum absolute atomic E-state index is 5.43. The molecule has 0 bridgehead atoms. The number of hydrogen-bond donors (Lipinski definition) is 2. The average molecular weight is 399 g/mol. The first-order chi connectivity index (χ1) is 13.7. The van der Waals surface area contributed by atoms with Gasteiger partial charge < -0.3 is 19.9 Å². The highest BCUT2D eigenvalue weighted by molar-refractivity contribution is 7.09. The van der Waals surface area contributed by atoms with Gasteiger partial charge in [0.15, 0.2) is 11.8 Å². The van der Waals surface area contributed by atoms with Gasteiger partial charge in [0.1, 0.15) is 11.6 Å². The van der Waals surface area contributed by atoms with Gasteiger partial charge >= 0.3 is 0 Å². The number of aliphatic imine (C=N–C) groups is 1. The summed E-state index contributed by atoms with van der Waals surface area (Å²) in [6, 6.07) is 12.1. The molecule has 0 aliphatic carbocycles. The molecule has 0 fully saturated rings. The van der Waals surface area contributed by atoms with E-state index in [1.165, 1.54) is 4.88 Å². The lowest BCUT2D eigenvalue weighted by Gasteiger charge is -2.13. The van der Waals surface area contributed by atoms with E-state index >= 15 is 0 Å². The second kappa shape index (κ2) is 9.89. The van der Waals surface area contributed by atoms with Crippen LogP contribution >= 0.6 is 11.3 Å². The van der Waals surface area contributed by atoms with E-state index in [1.54, 1.807) is 18.4 Å². The number of guanidine groups is 1. The highest BCUT2D eigenvalue weighted by Gasteiger charge is 2.07. The molecule has 0 radical (unpaired) electrons. The van der Waals surface area contributed by atoms with Crippen LogP contribution in [0.25, 0.3) is 0 Å². The highest BCUT2D eigenvalue weighted by Crippen LogP contribution is 2.17. The monoisotopic (exact) mass is 398 g/mol. The maximum Gasteiger partial charge on any atom is 0.191 e. The van der Waals surface area contributed by atoms with Crippen molar-refractivity contribution in [3.05, 3.63) is 63.9 Å². The van der Waals surface area contributed by atoms with Crippen LogP contribution in [0.5, 0.6) is 5.75 Å². The van der Waals surface area contributed by atoms with Gasteiger partial charge in [-0.3, -0.25) is 0 Å². The molecule has 0 saturated carbocycles. The molecule has 0 aliphatic heterocycles. The van der Waals surface area contributed by atoms with E-state index < -0.39 is 0 Å². The number of thiophene rings is 1. The molecule has 2 aromatic heterocycles. The molecule has 0 unspecified atom stereocenters. The summed E-state index contributed by atoms with van der Waals surface area (Å²) < 4.78 is 7.39. The zero-order chi connectivity index (χ0) is 19.8. The maximum atomic E-state index is 5.43. The SMILES string of the molecule is COc1ccccc1CN=C(NCCc1cccs1)NCc1nnc(C)n1C. The van der Waals surface area contributed by atoms with Crippen molar-refractivity contribution < 1.29 is 4.74 Å². The van der Waals surface area contributed by atoms with Crippen molar-refractivity contribution in [2.45, 2.75) is 26.4 Å². The molecule has 2 heterocycles. The number of benzene rings is 1. The van der Waals surface area contributed by atoms with Gasteiger partial charge in [-0.15, -0.1) is 21.5 Å². The topological polar surface area (TPSA) is 76.4 Å². The molecule has 0 saturated heterocycles. The number of methoxy groups -OCH3 is 1. The van der Waals surface area contributed by atoms with E-state index in [4.69, 9.17) is 9.73 Å². The number of hydrogen-bond acceptors (Lipinski definition) is 5. The Hall–Kier alpha value is -2.87. The predicted molar refractivity (Wildman–Crippen MR) is 113 cm³/mol. The highest BCUT2D eigenvalue weighted by atomic mass is 32.1. The molecule has 0 spiro atoms. The third-order valence-corrected chi connectivity index (χ3v) is 5.38. The zero-order valence-electron chi connectivity index (χ0n) is 16.5. The van der Waals surface area contributed by atoms with Gasteiger partial charge in [0.05, 0.1) is 20.2 Å². The number of para-hydroxylation sites is 1. The molecule has 0 amide bonds. The normalized spacial score (nSPS) is 11.5. The summed E-state index contributed by atoms with van der Waals surface area (Å²) in [5, 5.41) is 17.2. The van der Waals surface area contributed by atoms with Crippen LogP contribution in [0.2, 0.25) is 0 Å². The minimum Gasteiger partial charge on any atom is -0.496 e. The fourth-order valence-electron chi connectivity index (χ4n) is 2.70. The van der Waals surface area contributed by atoms with E-state index in [9.17, 15) is 0 Å². The fraction of sp³-hybridized carbons (Fsp3) is 0.350. The summed E-state index contributed by atoms with van der Waals surface area (Å²) in [4.78, 5) is 6.08. The van der Waals surface area contributed by atoms with Gasteiger partial charge in [-0.05, 0) is 30.9 Å². The Kier molecular flexibility index (Phi) is 7.02. The number of nitrogens with zero attached hydrogens (tertiary/aromatic N) is 4. The number of nitrogens with one attached hydrogen (secondary N) is 2. The minimum absolute atomic E-state index is 0.524. The summed E-state index contributed by atoms with van der Waals surface area (Å²) in [6.07, 6.45) is 0.954. The lowest BCUT2D eigenvalue weighted by molar-refractivity contribution is 0.410. The van der Waals surface area contributed by atoms with Crippen molar-refractivity contribution in [1.29, 1.82) is 0 Å². The largest absolute Gasteiger partial charge is 0.496 e. The molecular weight excluding hydrogens is 372 g/mol. The smallest absolute Gasteiger partial charge is 0.191 e. The summed E-state index contributed by atoms with van der Waals surface area (Å²) in [5.41, 5.74) is 1.04. The van der Waals surface area contributed by atoms with Crippen molar-refractivity contribution >= 4 is 17.3 Å². The van der Waals surface area contributed by atoms with Crippen LogP contribution in [0.15, 0.2) is 46.8 Å². The summed E-state index contributed by atoms with van der Waals surface area (Å²) >= 11 is 1.77. The Balaban J connectivity index is 1.66. The van der Waals surface area contributed by atoms with Crippen LogP contribution in [0, 0.1) is 6.92 Å². The number of aromatic nitrogens is 3. The first kappa shape index (κ1) is 19.9. The van der Waals surface area contributed by atoms with E-state index in [-0.39, 0.29) is 0 Å². The summed E-state index contributed by atoms with van der Waals surface area (Å²) in [7, 11) is 3.64.